The number of ether oxygens (including phenoxy) is 1. The first kappa shape index (κ1) is 17.6. The molecule has 1 aliphatic rings. The average molecular weight is 341 g/mol. The van der Waals surface area contributed by atoms with E-state index in [0.717, 1.165) is 22.0 Å². The van der Waals surface area contributed by atoms with Crippen LogP contribution in [0, 0.1) is 0 Å². The van der Waals surface area contributed by atoms with E-state index in [1.165, 1.54) is 7.05 Å². The highest BCUT2D eigenvalue weighted by atomic mass is 32.2. The molecular formula is C15H23N3O4S. The zero-order chi connectivity index (χ0) is 17.0. The van der Waals surface area contributed by atoms with Gasteiger partial charge >= 0.3 is 0 Å². The lowest BCUT2D eigenvalue weighted by Crippen LogP contribution is -2.51. The molecule has 0 saturated carbocycles. The van der Waals surface area contributed by atoms with Gasteiger partial charge in [-0.2, -0.15) is 4.31 Å². The minimum absolute atomic E-state index is 0.113. The van der Waals surface area contributed by atoms with Gasteiger partial charge in [0.1, 0.15) is 5.75 Å². The number of rotatable bonds is 5. The fraction of sp³-hybridized carbons (Fsp3) is 0.533. The van der Waals surface area contributed by atoms with Gasteiger partial charge in [-0.3, -0.25) is 4.79 Å². The molecule has 2 rings (SSSR count). The normalized spacial score (nSPS) is 15.8. The molecular weight excluding hydrogens is 318 g/mol. The zero-order valence-electron chi connectivity index (χ0n) is 13.7. The van der Waals surface area contributed by atoms with Crippen molar-refractivity contribution in [2.45, 2.75) is 0 Å². The minimum Gasteiger partial charge on any atom is -0.497 e. The summed E-state index contributed by atoms with van der Waals surface area (Å²) in [5.41, 5.74) is 1.06. The van der Waals surface area contributed by atoms with Crippen LogP contribution >= 0.6 is 0 Å². The third kappa shape index (κ3) is 4.59. The molecule has 0 atom stereocenters. The van der Waals surface area contributed by atoms with Crippen LogP contribution in [0.2, 0.25) is 0 Å². The molecule has 0 unspecified atom stereocenters. The Balaban J connectivity index is 1.91. The number of hydrogen-bond donors (Lipinski definition) is 0. The second kappa shape index (κ2) is 7.18. The summed E-state index contributed by atoms with van der Waals surface area (Å²) in [5, 5.41) is 0. The van der Waals surface area contributed by atoms with Crippen molar-refractivity contribution in [2.75, 3.05) is 58.0 Å². The van der Waals surface area contributed by atoms with E-state index in [2.05, 4.69) is 4.90 Å². The smallest absolute Gasteiger partial charge is 0.238 e. The van der Waals surface area contributed by atoms with Crippen molar-refractivity contribution in [1.29, 1.82) is 0 Å². The van der Waals surface area contributed by atoms with E-state index in [9.17, 15) is 13.2 Å². The Hall–Kier alpha value is -1.80. The van der Waals surface area contributed by atoms with Crippen molar-refractivity contribution in [2.24, 2.45) is 0 Å². The molecule has 0 spiro atoms. The molecule has 8 heteroatoms. The first-order valence-electron chi connectivity index (χ1n) is 7.39. The number of anilines is 1. The van der Waals surface area contributed by atoms with Crippen LogP contribution in [0.4, 0.5) is 5.69 Å². The number of benzene rings is 1. The standard InChI is InChI=1S/C15H23N3O4S/c1-16(23(3,20)21)12-15(19)18-9-7-17(8-10-18)13-5-4-6-14(11-13)22-2/h4-6,11H,7-10,12H2,1-3H3. The van der Waals surface area contributed by atoms with Crippen LogP contribution in [-0.4, -0.2) is 76.7 Å². The Labute approximate surface area is 137 Å². The van der Waals surface area contributed by atoms with Crippen molar-refractivity contribution in [3.63, 3.8) is 0 Å². The van der Waals surface area contributed by atoms with Crippen LogP contribution in [0.5, 0.6) is 5.75 Å². The Morgan fingerprint density at radius 1 is 1.26 bits per heavy atom. The molecule has 0 aliphatic carbocycles. The van der Waals surface area contributed by atoms with Gasteiger partial charge in [-0.05, 0) is 12.1 Å². The monoisotopic (exact) mass is 341 g/mol. The number of amides is 1. The molecule has 1 aliphatic heterocycles. The zero-order valence-corrected chi connectivity index (χ0v) is 14.5. The lowest BCUT2D eigenvalue weighted by atomic mass is 10.2. The highest BCUT2D eigenvalue weighted by Gasteiger charge is 2.24. The Morgan fingerprint density at radius 2 is 1.91 bits per heavy atom. The molecule has 0 radical (unpaired) electrons. The van der Waals surface area contributed by atoms with Gasteiger partial charge in [-0.1, -0.05) is 6.07 Å². The van der Waals surface area contributed by atoms with E-state index in [0.29, 0.717) is 26.2 Å². The predicted octanol–water partition coefficient (Wildman–Crippen LogP) is 0.235. The van der Waals surface area contributed by atoms with Crippen LogP contribution in [0.1, 0.15) is 0 Å². The highest BCUT2D eigenvalue weighted by molar-refractivity contribution is 7.88. The summed E-state index contributed by atoms with van der Waals surface area (Å²) in [4.78, 5) is 16.1. The third-order valence-electron chi connectivity index (χ3n) is 3.97. The molecule has 128 valence electrons. The number of nitrogens with zero attached hydrogens (tertiary/aromatic N) is 3. The van der Waals surface area contributed by atoms with E-state index in [4.69, 9.17) is 4.74 Å². The van der Waals surface area contributed by atoms with Gasteiger partial charge in [0.05, 0.1) is 19.9 Å². The van der Waals surface area contributed by atoms with Gasteiger partial charge in [0.15, 0.2) is 0 Å². The molecule has 0 N–H and O–H groups in total. The Bertz CT molecular complexity index is 654. The van der Waals surface area contributed by atoms with Crippen LogP contribution in [0.15, 0.2) is 24.3 Å². The second-order valence-electron chi connectivity index (χ2n) is 5.59. The minimum atomic E-state index is -3.34. The molecule has 1 heterocycles. The van der Waals surface area contributed by atoms with Gasteiger partial charge in [0.2, 0.25) is 15.9 Å². The SMILES string of the molecule is COc1cccc(N2CCN(C(=O)CN(C)S(C)(=O)=O)CC2)c1. The summed E-state index contributed by atoms with van der Waals surface area (Å²) < 4.78 is 29.1. The van der Waals surface area contributed by atoms with Crippen LogP contribution in [0.25, 0.3) is 0 Å². The van der Waals surface area contributed by atoms with Crippen molar-refractivity contribution >= 4 is 21.6 Å². The van der Waals surface area contributed by atoms with Crippen LogP contribution < -0.4 is 9.64 Å². The van der Waals surface area contributed by atoms with Gasteiger partial charge in [-0.25, -0.2) is 8.42 Å². The summed E-state index contributed by atoms with van der Waals surface area (Å²) >= 11 is 0. The molecule has 1 aromatic rings. The van der Waals surface area contributed by atoms with Crippen molar-refractivity contribution in [1.82, 2.24) is 9.21 Å². The maximum absolute atomic E-state index is 12.2. The van der Waals surface area contributed by atoms with E-state index in [1.54, 1.807) is 12.0 Å². The first-order chi connectivity index (χ1) is 10.8. The van der Waals surface area contributed by atoms with Crippen LogP contribution in [0.3, 0.4) is 0 Å². The Kier molecular flexibility index (Phi) is 5.48. The van der Waals surface area contributed by atoms with Gasteiger partial charge in [0.25, 0.3) is 0 Å². The summed E-state index contributed by atoms with van der Waals surface area (Å²) in [6, 6.07) is 7.81. The fourth-order valence-electron chi connectivity index (χ4n) is 2.43. The number of piperazine rings is 1. The van der Waals surface area contributed by atoms with Crippen LogP contribution in [-0.2, 0) is 14.8 Å². The van der Waals surface area contributed by atoms with E-state index in [1.807, 2.05) is 24.3 Å². The number of hydrogen-bond acceptors (Lipinski definition) is 5. The topological polar surface area (TPSA) is 70.2 Å². The largest absolute Gasteiger partial charge is 0.497 e. The fourth-order valence-corrected chi connectivity index (χ4v) is 2.77. The molecule has 7 nitrogen and oxygen atoms in total. The Morgan fingerprint density at radius 3 is 2.48 bits per heavy atom. The first-order valence-corrected chi connectivity index (χ1v) is 9.24. The maximum atomic E-state index is 12.2. The van der Waals surface area contributed by atoms with Crippen molar-refractivity contribution in [3.05, 3.63) is 24.3 Å². The molecule has 1 saturated heterocycles. The lowest BCUT2D eigenvalue weighted by molar-refractivity contribution is -0.131. The average Bonchev–Trinajstić information content (AvgIpc) is 2.54. The number of methoxy groups -OCH3 is 1. The second-order valence-corrected chi connectivity index (χ2v) is 7.68. The number of sulfonamides is 1. The van der Waals surface area contributed by atoms with E-state index in [-0.39, 0.29) is 12.5 Å². The van der Waals surface area contributed by atoms with Gasteiger partial charge in [-0.15, -0.1) is 0 Å². The molecule has 1 aromatic carbocycles. The molecule has 23 heavy (non-hydrogen) atoms. The van der Waals surface area contributed by atoms with E-state index >= 15 is 0 Å². The summed E-state index contributed by atoms with van der Waals surface area (Å²) in [6.45, 7) is 2.46. The summed E-state index contributed by atoms with van der Waals surface area (Å²) in [7, 11) is -0.287. The lowest BCUT2D eigenvalue weighted by Gasteiger charge is -2.36. The molecule has 1 fully saturated rings. The molecule has 1 amide bonds. The molecule has 0 aromatic heterocycles. The van der Waals surface area contributed by atoms with Gasteiger partial charge < -0.3 is 14.5 Å². The van der Waals surface area contributed by atoms with Gasteiger partial charge in [0, 0.05) is 45.0 Å². The highest BCUT2D eigenvalue weighted by Crippen LogP contribution is 2.22. The van der Waals surface area contributed by atoms with E-state index < -0.39 is 10.0 Å². The maximum Gasteiger partial charge on any atom is 0.238 e. The number of carbonyl (C=O) groups excluding carboxylic acids is 1. The summed E-state index contributed by atoms with van der Waals surface area (Å²) in [5.74, 6) is 0.638. The number of likely N-dealkylation sites (N-methyl/N-ethyl adjacent to an activating group) is 1. The third-order valence-corrected chi connectivity index (χ3v) is 5.24. The quantitative estimate of drug-likeness (QED) is 0.767. The predicted molar refractivity (Wildman–Crippen MR) is 89.3 cm³/mol. The van der Waals surface area contributed by atoms with Crippen molar-refractivity contribution in [3.8, 4) is 5.75 Å². The number of carbonyl (C=O) groups is 1. The molecule has 0 bridgehead atoms. The van der Waals surface area contributed by atoms with Crippen molar-refractivity contribution < 1.29 is 17.9 Å². The summed E-state index contributed by atoms with van der Waals surface area (Å²) in [6.07, 6.45) is 1.10.